The number of halogens is 7. The molecule has 1 amide bonds. The topological polar surface area (TPSA) is 68.6 Å². The van der Waals surface area contributed by atoms with Crippen LogP contribution in [0.1, 0.15) is 43.1 Å². The van der Waals surface area contributed by atoms with Crippen LogP contribution >= 0.6 is 0 Å². The summed E-state index contributed by atoms with van der Waals surface area (Å²) in [6, 6.07) is 2.01. The van der Waals surface area contributed by atoms with Crippen molar-refractivity contribution in [3.63, 3.8) is 0 Å². The number of carbonyl (C=O) groups excluding carboxylic acids is 1. The van der Waals surface area contributed by atoms with Crippen LogP contribution in [-0.2, 0) is 20.7 Å². The van der Waals surface area contributed by atoms with Crippen molar-refractivity contribution in [2.75, 3.05) is 38.2 Å². The largest absolute Gasteiger partial charge is 0.417 e. The van der Waals surface area contributed by atoms with E-state index in [2.05, 4.69) is 10.4 Å². The molecule has 3 fully saturated rings. The lowest BCUT2D eigenvalue weighted by molar-refractivity contribution is -0.272. The van der Waals surface area contributed by atoms with E-state index in [9.17, 15) is 31.1 Å². The summed E-state index contributed by atoms with van der Waals surface area (Å²) in [5, 5.41) is 5.92. The minimum absolute atomic E-state index is 0.00355. The van der Waals surface area contributed by atoms with Crippen molar-refractivity contribution >= 4 is 11.6 Å². The molecule has 1 aromatic carbocycles. The molecule has 1 aromatic heterocycles. The highest BCUT2D eigenvalue weighted by atomic mass is 19.4. The van der Waals surface area contributed by atoms with E-state index in [4.69, 9.17) is 9.47 Å². The second kappa shape index (κ2) is 9.98. The SMILES string of the molecule is Cc1nn(C(F)F)cc1NC(=O)[C@@H]1O[C@@](C)(C(F)(F)F)[C@@H](C)[C@H]1c1ccc(F)c(F)c1CCN1CC2(COC2)C1. The zero-order chi connectivity index (χ0) is 29.2. The number of aromatic nitrogens is 2. The number of anilines is 1. The second-order valence-electron chi connectivity index (χ2n) is 11.2. The van der Waals surface area contributed by atoms with Crippen LogP contribution in [-0.4, -0.2) is 71.3 Å². The van der Waals surface area contributed by atoms with E-state index in [1.807, 2.05) is 4.90 Å². The van der Waals surface area contributed by atoms with Gasteiger partial charge in [0, 0.05) is 36.9 Å². The number of likely N-dealkylation sites (tertiary alicyclic amines) is 1. The third kappa shape index (κ3) is 4.77. The van der Waals surface area contributed by atoms with Crippen LogP contribution in [0, 0.1) is 29.9 Å². The lowest BCUT2D eigenvalue weighted by Crippen LogP contribution is -2.66. The van der Waals surface area contributed by atoms with Gasteiger partial charge in [-0.2, -0.15) is 27.1 Å². The van der Waals surface area contributed by atoms with Crippen molar-refractivity contribution in [2.45, 2.75) is 57.5 Å². The van der Waals surface area contributed by atoms with E-state index in [1.165, 1.54) is 19.9 Å². The molecule has 1 N–H and O–H groups in total. The lowest BCUT2D eigenvalue weighted by Gasteiger charge is -2.55. The van der Waals surface area contributed by atoms with Gasteiger partial charge in [0.1, 0.15) is 6.10 Å². The normalized spacial score (nSPS) is 28.1. The maximum atomic E-state index is 15.2. The number of nitrogens with zero attached hydrogens (tertiary/aromatic N) is 3. The van der Waals surface area contributed by atoms with Crippen LogP contribution < -0.4 is 5.32 Å². The molecule has 2 aromatic rings. The molecular formula is C26H29F7N4O3. The fraction of sp³-hybridized carbons (Fsp3) is 0.615. The van der Waals surface area contributed by atoms with Gasteiger partial charge in [0.05, 0.1) is 30.8 Å². The first-order chi connectivity index (χ1) is 18.7. The van der Waals surface area contributed by atoms with Crippen LogP contribution in [0.15, 0.2) is 18.3 Å². The molecule has 14 heteroatoms. The number of nitrogens with one attached hydrogen (secondary N) is 1. The molecule has 3 saturated heterocycles. The van der Waals surface area contributed by atoms with Crippen LogP contribution in [0.2, 0.25) is 0 Å². The van der Waals surface area contributed by atoms with Crippen molar-refractivity contribution in [1.82, 2.24) is 14.7 Å². The second-order valence-corrected chi connectivity index (χ2v) is 11.2. The van der Waals surface area contributed by atoms with Crippen LogP contribution in [0.4, 0.5) is 36.4 Å². The number of alkyl halides is 5. The van der Waals surface area contributed by atoms with E-state index >= 15 is 4.39 Å². The number of hydrogen-bond donors (Lipinski definition) is 1. The Bertz CT molecular complexity index is 1290. The molecule has 3 aliphatic heterocycles. The number of aryl methyl sites for hydroxylation is 1. The first-order valence-electron chi connectivity index (χ1n) is 12.8. The van der Waals surface area contributed by atoms with E-state index < -0.39 is 53.8 Å². The highest BCUT2D eigenvalue weighted by Crippen LogP contribution is 2.54. The van der Waals surface area contributed by atoms with Crippen molar-refractivity contribution < 1.29 is 45.0 Å². The Morgan fingerprint density at radius 3 is 2.45 bits per heavy atom. The van der Waals surface area contributed by atoms with Crippen molar-refractivity contribution in [3.8, 4) is 0 Å². The Morgan fingerprint density at radius 1 is 1.23 bits per heavy atom. The summed E-state index contributed by atoms with van der Waals surface area (Å²) >= 11 is 0. The molecule has 0 saturated carbocycles. The van der Waals surface area contributed by atoms with Gasteiger partial charge >= 0.3 is 12.7 Å². The average Bonchev–Trinajstić information content (AvgIpc) is 3.32. The number of hydrogen-bond acceptors (Lipinski definition) is 5. The molecular weight excluding hydrogens is 549 g/mol. The third-order valence-corrected chi connectivity index (χ3v) is 8.51. The summed E-state index contributed by atoms with van der Waals surface area (Å²) in [5.74, 6) is -6.12. The molecule has 7 nitrogen and oxygen atoms in total. The molecule has 0 aliphatic carbocycles. The summed E-state index contributed by atoms with van der Waals surface area (Å²) in [7, 11) is 0. The highest BCUT2D eigenvalue weighted by molar-refractivity contribution is 5.95. The molecule has 0 radical (unpaired) electrons. The number of carbonyl (C=O) groups is 1. The molecule has 40 heavy (non-hydrogen) atoms. The molecule has 220 valence electrons. The summed E-state index contributed by atoms with van der Waals surface area (Å²) in [6.07, 6.45) is -5.86. The van der Waals surface area contributed by atoms with E-state index in [1.54, 1.807) is 0 Å². The zero-order valence-corrected chi connectivity index (χ0v) is 22.0. The first-order valence-corrected chi connectivity index (χ1v) is 12.8. The Hall–Kier alpha value is -2.71. The van der Waals surface area contributed by atoms with Gasteiger partial charge in [-0.25, -0.2) is 13.5 Å². The predicted octanol–water partition coefficient (Wildman–Crippen LogP) is 4.82. The molecule has 0 bridgehead atoms. The van der Waals surface area contributed by atoms with Gasteiger partial charge in [-0.3, -0.25) is 4.79 Å². The molecule has 4 heterocycles. The number of amides is 1. The fourth-order valence-corrected chi connectivity index (χ4v) is 6.01. The minimum Gasteiger partial charge on any atom is -0.380 e. The van der Waals surface area contributed by atoms with Crippen molar-refractivity contribution in [2.24, 2.45) is 11.3 Å². The van der Waals surface area contributed by atoms with Crippen LogP contribution in [0.3, 0.4) is 0 Å². The minimum atomic E-state index is -4.91. The van der Waals surface area contributed by atoms with Gasteiger partial charge in [-0.05, 0) is 37.5 Å². The third-order valence-electron chi connectivity index (χ3n) is 8.51. The predicted molar refractivity (Wildman–Crippen MR) is 128 cm³/mol. The van der Waals surface area contributed by atoms with Gasteiger partial charge in [-0.15, -0.1) is 0 Å². The summed E-state index contributed by atoms with van der Waals surface area (Å²) in [6.45, 7) is 3.39. The zero-order valence-electron chi connectivity index (χ0n) is 22.0. The first kappa shape index (κ1) is 28.8. The van der Waals surface area contributed by atoms with Gasteiger partial charge < -0.3 is 19.7 Å². The maximum absolute atomic E-state index is 15.2. The molecule has 0 unspecified atom stereocenters. The van der Waals surface area contributed by atoms with E-state index in [0.717, 1.165) is 19.2 Å². The summed E-state index contributed by atoms with van der Waals surface area (Å²) in [4.78, 5) is 15.4. The van der Waals surface area contributed by atoms with Crippen molar-refractivity contribution in [1.29, 1.82) is 0 Å². The molecule has 5 rings (SSSR count). The Kier molecular flexibility index (Phi) is 7.19. The van der Waals surface area contributed by atoms with E-state index in [-0.39, 0.29) is 34.3 Å². The number of rotatable bonds is 7. The average molecular weight is 579 g/mol. The molecule has 1 spiro atoms. The van der Waals surface area contributed by atoms with Crippen LogP contribution in [0.5, 0.6) is 0 Å². The standard InChI is InChI=1S/C26H29F7N4O3/c1-13-19(15-4-5-17(27)20(28)16(15)6-7-36-9-25(10-36)11-39-12-25)21(40-24(13,3)26(31,32)33)22(38)34-18-8-37(23(29)30)35-14(18)2/h4-5,8,13,19,21,23H,6-7,9-12H2,1-3H3,(H,34,38)/t13-,19-,21+,24+/m0/s1. The Balaban J connectivity index is 1.47. The van der Waals surface area contributed by atoms with E-state index in [0.29, 0.717) is 37.5 Å². The van der Waals surface area contributed by atoms with Gasteiger partial charge in [0.25, 0.3) is 5.91 Å². The Labute approximate surface area is 225 Å². The van der Waals surface area contributed by atoms with Gasteiger partial charge in [0.2, 0.25) is 0 Å². The maximum Gasteiger partial charge on any atom is 0.417 e. The smallest absolute Gasteiger partial charge is 0.380 e. The summed E-state index contributed by atoms with van der Waals surface area (Å²) in [5.41, 5.74) is -2.96. The lowest BCUT2D eigenvalue weighted by atomic mass is 9.75. The summed E-state index contributed by atoms with van der Waals surface area (Å²) < 4.78 is 109. The van der Waals surface area contributed by atoms with Crippen LogP contribution in [0.25, 0.3) is 0 Å². The van der Waals surface area contributed by atoms with Gasteiger partial charge in [-0.1, -0.05) is 13.0 Å². The quantitative estimate of drug-likeness (QED) is 0.478. The monoisotopic (exact) mass is 578 g/mol. The number of benzene rings is 1. The Morgan fingerprint density at radius 2 is 1.90 bits per heavy atom. The van der Waals surface area contributed by atoms with Gasteiger partial charge in [0.15, 0.2) is 17.2 Å². The number of ether oxygens (including phenoxy) is 2. The highest BCUT2D eigenvalue weighted by Gasteiger charge is 2.65. The molecule has 4 atom stereocenters. The van der Waals surface area contributed by atoms with Crippen molar-refractivity contribution in [3.05, 3.63) is 46.8 Å². The fourth-order valence-electron chi connectivity index (χ4n) is 6.01. The molecule has 3 aliphatic rings.